The van der Waals surface area contributed by atoms with Crippen LogP contribution >= 0.6 is 11.3 Å². The fourth-order valence-electron chi connectivity index (χ4n) is 9.94. The normalized spacial score (nSPS) is 17.7. The Morgan fingerprint density at radius 2 is 1.05 bits per heavy atom. The Kier molecular flexibility index (Phi) is 7.92. The number of hydrogen-bond acceptors (Lipinski definition) is 2. The highest BCUT2D eigenvalue weighted by Crippen LogP contribution is 2.53. The van der Waals surface area contributed by atoms with Crippen molar-refractivity contribution in [3.8, 4) is 33.4 Å². The summed E-state index contributed by atoms with van der Waals surface area (Å²) in [4.78, 5) is 2.45. The number of nitrogens with zero attached hydrogens (tertiary/aromatic N) is 1. The maximum Gasteiger partial charge on any atom is 0.0640 e. The first-order valence-corrected chi connectivity index (χ1v) is 20.7. The predicted octanol–water partition coefficient (Wildman–Crippen LogP) is 15.6. The smallest absolute Gasteiger partial charge is 0.0640 e. The maximum atomic E-state index is 2.45. The van der Waals surface area contributed by atoms with Gasteiger partial charge in [0.2, 0.25) is 0 Å². The lowest BCUT2D eigenvalue weighted by Crippen LogP contribution is -2.10. The molecule has 0 aliphatic heterocycles. The molecule has 2 bridgehead atoms. The molecule has 0 spiro atoms. The third-order valence-electron chi connectivity index (χ3n) is 12.6. The maximum absolute atomic E-state index is 2.45. The van der Waals surface area contributed by atoms with E-state index in [0.29, 0.717) is 0 Å². The average molecular weight is 724 g/mol. The molecule has 2 fully saturated rings. The number of benzene rings is 8. The molecule has 1 nitrogen and oxygen atoms in total. The third kappa shape index (κ3) is 5.67. The van der Waals surface area contributed by atoms with E-state index in [9.17, 15) is 0 Å². The number of anilines is 3. The summed E-state index contributed by atoms with van der Waals surface area (Å²) in [6, 6.07) is 67.6. The Balaban J connectivity index is 0.994. The van der Waals surface area contributed by atoms with Crippen molar-refractivity contribution in [2.24, 2.45) is 11.8 Å². The van der Waals surface area contributed by atoms with E-state index in [0.717, 1.165) is 29.1 Å². The van der Waals surface area contributed by atoms with E-state index in [-0.39, 0.29) is 0 Å². The fraction of sp³-hybridized carbons (Fsp3) is 0.132. The van der Waals surface area contributed by atoms with Crippen molar-refractivity contribution in [3.63, 3.8) is 0 Å². The van der Waals surface area contributed by atoms with Crippen LogP contribution in [0.2, 0.25) is 0 Å². The molecule has 0 N–H and O–H groups in total. The molecule has 264 valence electrons. The molecule has 2 aliphatic rings. The van der Waals surface area contributed by atoms with Crippen molar-refractivity contribution in [1.29, 1.82) is 0 Å². The summed E-state index contributed by atoms with van der Waals surface area (Å²) < 4.78 is 2.62. The monoisotopic (exact) mass is 723 g/mol. The average Bonchev–Trinajstić information content (AvgIpc) is 4.00. The largest absolute Gasteiger partial charge is 0.309 e. The van der Waals surface area contributed by atoms with Crippen LogP contribution in [0.4, 0.5) is 17.1 Å². The fourth-order valence-corrected chi connectivity index (χ4v) is 11.2. The standard InChI is InChI=1S/C53H41NS/c1-2-9-38(10-3-1)45-14-6-11-41-12-7-15-46(52(41)45)39-27-31-44(32-28-39)54(50-17-8-16-48-47-13-4-5-18-51(47)55-53(48)50)43-29-25-37(26-30-43)36-21-23-40(24-22-36)49-34-35-19-20-42(49)33-35/h1-18,21-32,35,42,49H,19-20,33-34H2. The highest BCUT2D eigenvalue weighted by atomic mass is 32.1. The first kappa shape index (κ1) is 32.5. The van der Waals surface area contributed by atoms with Gasteiger partial charge in [-0.2, -0.15) is 0 Å². The van der Waals surface area contributed by atoms with Crippen molar-refractivity contribution < 1.29 is 0 Å². The molecule has 1 heterocycles. The molecular weight excluding hydrogens is 683 g/mol. The molecule has 2 aliphatic carbocycles. The second kappa shape index (κ2) is 13.4. The lowest BCUT2D eigenvalue weighted by atomic mass is 9.83. The van der Waals surface area contributed by atoms with Crippen LogP contribution in [0, 0.1) is 11.8 Å². The minimum atomic E-state index is 0.762. The lowest BCUT2D eigenvalue weighted by Gasteiger charge is -2.26. The molecule has 2 heteroatoms. The van der Waals surface area contributed by atoms with Gasteiger partial charge in [-0.05, 0) is 123 Å². The summed E-state index contributed by atoms with van der Waals surface area (Å²) in [5.74, 6) is 2.63. The molecule has 8 aromatic carbocycles. The van der Waals surface area contributed by atoms with Crippen LogP contribution < -0.4 is 4.90 Å². The van der Waals surface area contributed by atoms with Crippen LogP contribution in [0.5, 0.6) is 0 Å². The van der Waals surface area contributed by atoms with Gasteiger partial charge in [0.1, 0.15) is 0 Å². The van der Waals surface area contributed by atoms with E-state index in [2.05, 4.69) is 187 Å². The van der Waals surface area contributed by atoms with Crippen molar-refractivity contribution in [2.75, 3.05) is 4.90 Å². The Hall–Kier alpha value is -5.96. The lowest BCUT2D eigenvalue weighted by molar-refractivity contribution is 0.420. The van der Waals surface area contributed by atoms with Crippen LogP contribution in [-0.2, 0) is 0 Å². The van der Waals surface area contributed by atoms with Gasteiger partial charge in [0.05, 0.1) is 10.4 Å². The van der Waals surface area contributed by atoms with Gasteiger partial charge in [-0.1, -0.05) is 152 Å². The third-order valence-corrected chi connectivity index (χ3v) is 13.8. The van der Waals surface area contributed by atoms with Crippen LogP contribution in [0.25, 0.3) is 64.3 Å². The molecule has 2 saturated carbocycles. The summed E-state index contributed by atoms with van der Waals surface area (Å²) in [6.45, 7) is 0. The van der Waals surface area contributed by atoms with Gasteiger partial charge < -0.3 is 4.90 Å². The summed E-state index contributed by atoms with van der Waals surface area (Å²) in [5.41, 5.74) is 12.5. The van der Waals surface area contributed by atoms with E-state index in [4.69, 9.17) is 0 Å². The number of fused-ring (bicyclic) bond motifs is 6. The van der Waals surface area contributed by atoms with Crippen LogP contribution in [0.3, 0.4) is 0 Å². The van der Waals surface area contributed by atoms with Gasteiger partial charge in [-0.3, -0.25) is 0 Å². The second-order valence-electron chi connectivity index (χ2n) is 15.7. The summed E-state index contributed by atoms with van der Waals surface area (Å²) >= 11 is 1.88. The Morgan fingerprint density at radius 3 is 1.73 bits per heavy atom. The number of hydrogen-bond donors (Lipinski definition) is 0. The van der Waals surface area contributed by atoms with Gasteiger partial charge in [0.15, 0.2) is 0 Å². The zero-order chi connectivity index (χ0) is 36.3. The topological polar surface area (TPSA) is 3.24 Å². The Bertz CT molecular complexity index is 2810. The van der Waals surface area contributed by atoms with Gasteiger partial charge in [0.25, 0.3) is 0 Å². The molecule has 3 atom stereocenters. The van der Waals surface area contributed by atoms with E-state index in [1.165, 1.54) is 95.7 Å². The minimum absolute atomic E-state index is 0.762. The number of rotatable bonds is 7. The molecule has 3 unspecified atom stereocenters. The zero-order valence-electron chi connectivity index (χ0n) is 30.7. The van der Waals surface area contributed by atoms with Gasteiger partial charge in [-0.15, -0.1) is 11.3 Å². The molecule has 11 rings (SSSR count). The molecule has 55 heavy (non-hydrogen) atoms. The van der Waals surface area contributed by atoms with Crippen molar-refractivity contribution in [2.45, 2.75) is 31.6 Å². The van der Waals surface area contributed by atoms with Crippen molar-refractivity contribution in [3.05, 3.63) is 188 Å². The SMILES string of the molecule is c1ccc(-c2cccc3cccc(-c4ccc(N(c5ccc(-c6ccc(C7CC8CCC7C8)cc6)cc5)c5cccc6c5sc5ccccc56)cc4)c23)cc1. The molecule has 9 aromatic rings. The van der Waals surface area contributed by atoms with Crippen LogP contribution in [0.15, 0.2) is 182 Å². The first-order chi connectivity index (χ1) is 27.2. The molecule has 1 aromatic heterocycles. The van der Waals surface area contributed by atoms with Crippen molar-refractivity contribution in [1.82, 2.24) is 0 Å². The molecule has 0 radical (unpaired) electrons. The molecular formula is C53H41NS. The molecule has 0 saturated heterocycles. The van der Waals surface area contributed by atoms with E-state index >= 15 is 0 Å². The zero-order valence-corrected chi connectivity index (χ0v) is 31.6. The Morgan fingerprint density at radius 1 is 0.455 bits per heavy atom. The van der Waals surface area contributed by atoms with Crippen LogP contribution in [-0.4, -0.2) is 0 Å². The summed E-state index contributed by atoms with van der Waals surface area (Å²) in [7, 11) is 0. The van der Waals surface area contributed by atoms with E-state index in [1.807, 2.05) is 11.3 Å². The summed E-state index contributed by atoms with van der Waals surface area (Å²) in [6.07, 6.45) is 5.70. The minimum Gasteiger partial charge on any atom is -0.309 e. The predicted molar refractivity (Wildman–Crippen MR) is 236 cm³/mol. The first-order valence-electron chi connectivity index (χ1n) is 19.8. The molecule has 0 amide bonds. The van der Waals surface area contributed by atoms with Gasteiger partial charge in [0, 0.05) is 26.8 Å². The second-order valence-corrected chi connectivity index (χ2v) is 16.7. The quantitative estimate of drug-likeness (QED) is 0.158. The van der Waals surface area contributed by atoms with Crippen molar-refractivity contribution >= 4 is 59.3 Å². The Labute approximate surface area is 327 Å². The summed E-state index contributed by atoms with van der Waals surface area (Å²) in [5, 5.41) is 5.15. The highest BCUT2D eigenvalue weighted by Gasteiger charge is 2.40. The van der Waals surface area contributed by atoms with E-state index < -0.39 is 0 Å². The van der Waals surface area contributed by atoms with Gasteiger partial charge in [-0.25, -0.2) is 0 Å². The van der Waals surface area contributed by atoms with E-state index in [1.54, 1.807) is 5.56 Å². The number of thiophene rings is 1. The van der Waals surface area contributed by atoms with Gasteiger partial charge >= 0.3 is 0 Å². The highest BCUT2D eigenvalue weighted by molar-refractivity contribution is 7.26. The van der Waals surface area contributed by atoms with Crippen LogP contribution in [0.1, 0.15) is 37.2 Å².